The molecule has 0 fully saturated rings. The number of rotatable bonds is 15. The molecule has 0 bridgehead atoms. The van der Waals surface area contributed by atoms with Gasteiger partial charge >= 0.3 is 0 Å². The molecule has 0 unspecified atom stereocenters. The Morgan fingerprint density at radius 1 is 0.524 bits per heavy atom. The van der Waals surface area contributed by atoms with Crippen molar-refractivity contribution in [2.24, 2.45) is 0 Å². The molecular formula is C19H42N2. The van der Waals surface area contributed by atoms with Crippen molar-refractivity contribution in [3.8, 4) is 0 Å². The fourth-order valence-electron chi connectivity index (χ4n) is 3.01. The third-order valence-electron chi connectivity index (χ3n) is 4.40. The van der Waals surface area contributed by atoms with Crippen LogP contribution in [0.15, 0.2) is 0 Å². The summed E-state index contributed by atoms with van der Waals surface area (Å²) in [4.78, 5) is 5.55. The normalized spacial score (nSPS) is 12.0. The first-order valence-corrected chi connectivity index (χ1v) is 9.73. The molecule has 0 aliphatic heterocycles. The van der Waals surface area contributed by atoms with E-state index in [0.29, 0.717) is 6.17 Å². The lowest BCUT2D eigenvalue weighted by molar-refractivity contribution is 0.0344. The zero-order valence-electron chi connectivity index (χ0n) is 15.7. The molecule has 128 valence electrons. The fourth-order valence-corrected chi connectivity index (χ4v) is 3.01. The van der Waals surface area contributed by atoms with Crippen LogP contribution in [0.2, 0.25) is 0 Å². The van der Waals surface area contributed by atoms with Crippen molar-refractivity contribution in [3.05, 3.63) is 0 Å². The average molecular weight is 299 g/mol. The largest absolute Gasteiger partial charge is 0.288 e. The summed E-state index contributed by atoms with van der Waals surface area (Å²) in [5.74, 6) is 0. The van der Waals surface area contributed by atoms with E-state index in [1.165, 1.54) is 84.0 Å². The smallest absolute Gasteiger partial charge is 0.0619 e. The summed E-state index contributed by atoms with van der Waals surface area (Å²) < 4.78 is 0. The van der Waals surface area contributed by atoms with Crippen LogP contribution in [0.1, 0.15) is 92.4 Å². The third-order valence-corrected chi connectivity index (χ3v) is 4.40. The SMILES string of the molecule is CCCCN(CCCC)C(CC)N(CCCC)CCCC. The van der Waals surface area contributed by atoms with Crippen LogP contribution >= 0.6 is 0 Å². The molecule has 0 aromatic heterocycles. The summed E-state index contributed by atoms with van der Waals surface area (Å²) in [5.41, 5.74) is 0. The van der Waals surface area contributed by atoms with E-state index in [-0.39, 0.29) is 0 Å². The van der Waals surface area contributed by atoms with Gasteiger partial charge in [-0.3, -0.25) is 9.80 Å². The Bertz CT molecular complexity index is 170. The van der Waals surface area contributed by atoms with E-state index in [1.807, 2.05) is 0 Å². The predicted octanol–water partition coefficient (Wildman–Crippen LogP) is 5.53. The van der Waals surface area contributed by atoms with Crippen molar-refractivity contribution in [3.63, 3.8) is 0 Å². The van der Waals surface area contributed by atoms with Crippen LogP contribution in [0.3, 0.4) is 0 Å². The minimum absolute atomic E-state index is 0.668. The van der Waals surface area contributed by atoms with Gasteiger partial charge in [0.15, 0.2) is 0 Å². The van der Waals surface area contributed by atoms with Gasteiger partial charge in [-0.05, 0) is 58.3 Å². The van der Waals surface area contributed by atoms with E-state index in [1.54, 1.807) is 0 Å². The van der Waals surface area contributed by atoms with Gasteiger partial charge in [0.1, 0.15) is 0 Å². The standard InChI is InChI=1S/C19H42N2/c1-6-11-15-20(16-12-7-2)19(10-5)21(17-13-8-3)18-14-9-4/h19H,6-18H2,1-5H3. The van der Waals surface area contributed by atoms with Crippen molar-refractivity contribution >= 4 is 0 Å². The van der Waals surface area contributed by atoms with Gasteiger partial charge in [0.25, 0.3) is 0 Å². The molecule has 2 nitrogen and oxygen atoms in total. The molecule has 0 saturated carbocycles. The highest BCUT2D eigenvalue weighted by Gasteiger charge is 2.22. The number of hydrogen-bond donors (Lipinski definition) is 0. The van der Waals surface area contributed by atoms with E-state index >= 15 is 0 Å². The Morgan fingerprint density at radius 2 is 0.810 bits per heavy atom. The molecular weight excluding hydrogens is 256 g/mol. The molecule has 0 aromatic rings. The number of hydrogen-bond acceptors (Lipinski definition) is 2. The summed E-state index contributed by atoms with van der Waals surface area (Å²) in [7, 11) is 0. The Balaban J connectivity index is 4.73. The first-order chi connectivity index (χ1) is 10.2. The lowest BCUT2D eigenvalue weighted by Gasteiger charge is -2.40. The predicted molar refractivity (Wildman–Crippen MR) is 96.9 cm³/mol. The van der Waals surface area contributed by atoms with Gasteiger partial charge in [-0.1, -0.05) is 60.3 Å². The molecule has 0 amide bonds. The van der Waals surface area contributed by atoms with Gasteiger partial charge < -0.3 is 0 Å². The molecule has 21 heavy (non-hydrogen) atoms. The minimum Gasteiger partial charge on any atom is -0.288 e. The molecule has 0 radical (unpaired) electrons. The van der Waals surface area contributed by atoms with Crippen LogP contribution in [0.25, 0.3) is 0 Å². The highest BCUT2D eigenvalue weighted by molar-refractivity contribution is 4.73. The number of nitrogens with zero attached hydrogens (tertiary/aromatic N) is 2. The third kappa shape index (κ3) is 9.52. The van der Waals surface area contributed by atoms with E-state index < -0.39 is 0 Å². The van der Waals surface area contributed by atoms with Crippen molar-refractivity contribution in [1.82, 2.24) is 9.80 Å². The van der Waals surface area contributed by atoms with Crippen molar-refractivity contribution in [1.29, 1.82) is 0 Å². The topological polar surface area (TPSA) is 6.48 Å². The Hall–Kier alpha value is -0.0800. The molecule has 0 aromatic carbocycles. The first kappa shape index (κ1) is 20.9. The highest BCUT2D eigenvalue weighted by Crippen LogP contribution is 2.15. The second-order valence-corrected chi connectivity index (χ2v) is 6.38. The zero-order chi connectivity index (χ0) is 15.9. The lowest BCUT2D eigenvalue weighted by atomic mass is 10.1. The molecule has 0 heterocycles. The van der Waals surface area contributed by atoms with Crippen molar-refractivity contribution < 1.29 is 0 Å². The maximum atomic E-state index is 2.78. The van der Waals surface area contributed by atoms with E-state index in [4.69, 9.17) is 0 Å². The summed E-state index contributed by atoms with van der Waals surface area (Å²) >= 11 is 0. The summed E-state index contributed by atoms with van der Waals surface area (Å²) in [6.07, 6.45) is 12.5. The van der Waals surface area contributed by atoms with Crippen molar-refractivity contribution in [2.45, 2.75) is 98.6 Å². The van der Waals surface area contributed by atoms with E-state index in [0.717, 1.165) is 0 Å². The molecule has 0 N–H and O–H groups in total. The van der Waals surface area contributed by atoms with Gasteiger partial charge in [-0.15, -0.1) is 0 Å². The molecule has 0 aliphatic carbocycles. The van der Waals surface area contributed by atoms with Crippen molar-refractivity contribution in [2.75, 3.05) is 26.2 Å². The molecule has 2 heteroatoms. The van der Waals surface area contributed by atoms with Gasteiger partial charge in [0.05, 0.1) is 6.17 Å². The van der Waals surface area contributed by atoms with Gasteiger partial charge in [0, 0.05) is 0 Å². The number of unbranched alkanes of at least 4 members (excludes halogenated alkanes) is 4. The molecule has 0 aliphatic rings. The second-order valence-electron chi connectivity index (χ2n) is 6.38. The zero-order valence-corrected chi connectivity index (χ0v) is 15.7. The van der Waals surface area contributed by atoms with Crippen LogP contribution < -0.4 is 0 Å². The quantitative estimate of drug-likeness (QED) is 0.367. The van der Waals surface area contributed by atoms with E-state index in [2.05, 4.69) is 44.4 Å². The fraction of sp³-hybridized carbons (Fsp3) is 1.00. The monoisotopic (exact) mass is 298 g/mol. The molecule has 0 spiro atoms. The molecule has 0 saturated heterocycles. The first-order valence-electron chi connectivity index (χ1n) is 9.73. The Kier molecular flexibility index (Phi) is 14.8. The van der Waals surface area contributed by atoms with E-state index in [9.17, 15) is 0 Å². The minimum atomic E-state index is 0.668. The Morgan fingerprint density at radius 3 is 1.00 bits per heavy atom. The lowest BCUT2D eigenvalue weighted by Crippen LogP contribution is -2.49. The summed E-state index contributed by atoms with van der Waals surface area (Å²) in [6.45, 7) is 16.7. The maximum Gasteiger partial charge on any atom is 0.0619 e. The van der Waals surface area contributed by atoms with Crippen LogP contribution in [-0.2, 0) is 0 Å². The van der Waals surface area contributed by atoms with Crippen LogP contribution in [0.4, 0.5) is 0 Å². The second kappa shape index (κ2) is 14.8. The maximum absolute atomic E-state index is 2.78. The molecule has 0 rings (SSSR count). The van der Waals surface area contributed by atoms with Crippen LogP contribution in [-0.4, -0.2) is 42.1 Å². The molecule has 0 atom stereocenters. The van der Waals surface area contributed by atoms with Gasteiger partial charge in [-0.25, -0.2) is 0 Å². The summed E-state index contributed by atoms with van der Waals surface area (Å²) in [5, 5.41) is 0. The van der Waals surface area contributed by atoms with Gasteiger partial charge in [-0.2, -0.15) is 0 Å². The van der Waals surface area contributed by atoms with Crippen LogP contribution in [0.5, 0.6) is 0 Å². The summed E-state index contributed by atoms with van der Waals surface area (Å²) in [6, 6.07) is 0. The van der Waals surface area contributed by atoms with Crippen LogP contribution in [0, 0.1) is 0 Å². The highest BCUT2D eigenvalue weighted by atomic mass is 15.3. The average Bonchev–Trinajstić information content (AvgIpc) is 2.51. The Labute approximate surface area is 135 Å². The van der Waals surface area contributed by atoms with Gasteiger partial charge in [0.2, 0.25) is 0 Å².